The SMILES string of the molecule is O=Cc1ccc(-c2ccc3c(c2)CNC(=O)C3)o1. The highest BCUT2D eigenvalue weighted by atomic mass is 16.3. The molecule has 0 atom stereocenters. The van der Waals surface area contributed by atoms with Crippen molar-refractivity contribution in [2.75, 3.05) is 0 Å². The predicted molar refractivity (Wildman–Crippen MR) is 65.1 cm³/mol. The van der Waals surface area contributed by atoms with E-state index in [0.717, 1.165) is 16.7 Å². The van der Waals surface area contributed by atoms with E-state index in [1.54, 1.807) is 12.1 Å². The molecule has 0 aliphatic carbocycles. The first-order chi connectivity index (χ1) is 8.76. The Hall–Kier alpha value is -2.36. The third kappa shape index (κ3) is 1.82. The van der Waals surface area contributed by atoms with Crippen LogP contribution in [0.25, 0.3) is 11.3 Å². The molecule has 1 amide bonds. The molecule has 0 bridgehead atoms. The second-order valence-corrected chi connectivity index (χ2v) is 4.26. The van der Waals surface area contributed by atoms with Crippen molar-refractivity contribution in [1.29, 1.82) is 0 Å². The maximum atomic E-state index is 11.3. The zero-order valence-corrected chi connectivity index (χ0v) is 9.60. The van der Waals surface area contributed by atoms with Gasteiger partial charge in [0, 0.05) is 12.1 Å². The fourth-order valence-electron chi connectivity index (χ4n) is 2.12. The number of fused-ring (bicyclic) bond motifs is 1. The van der Waals surface area contributed by atoms with Crippen molar-refractivity contribution in [1.82, 2.24) is 5.32 Å². The molecule has 1 aromatic carbocycles. The minimum atomic E-state index is 0.0523. The van der Waals surface area contributed by atoms with Crippen LogP contribution in [0.3, 0.4) is 0 Å². The van der Waals surface area contributed by atoms with Crippen molar-refractivity contribution >= 4 is 12.2 Å². The average Bonchev–Trinajstić information content (AvgIpc) is 2.87. The second-order valence-electron chi connectivity index (χ2n) is 4.26. The Labute approximate surface area is 104 Å². The monoisotopic (exact) mass is 241 g/mol. The lowest BCUT2D eigenvalue weighted by molar-refractivity contribution is -0.121. The van der Waals surface area contributed by atoms with Gasteiger partial charge in [0.25, 0.3) is 0 Å². The summed E-state index contributed by atoms with van der Waals surface area (Å²) in [4.78, 5) is 21.8. The zero-order valence-electron chi connectivity index (χ0n) is 9.60. The molecule has 1 aliphatic rings. The fraction of sp³-hybridized carbons (Fsp3) is 0.143. The molecule has 90 valence electrons. The van der Waals surface area contributed by atoms with Crippen molar-refractivity contribution in [3.8, 4) is 11.3 Å². The summed E-state index contributed by atoms with van der Waals surface area (Å²) in [5, 5.41) is 2.81. The van der Waals surface area contributed by atoms with E-state index >= 15 is 0 Å². The van der Waals surface area contributed by atoms with E-state index in [2.05, 4.69) is 5.32 Å². The molecule has 1 aromatic heterocycles. The smallest absolute Gasteiger partial charge is 0.224 e. The van der Waals surface area contributed by atoms with Gasteiger partial charge in [0.15, 0.2) is 12.0 Å². The van der Waals surface area contributed by atoms with E-state index in [1.165, 1.54) is 0 Å². The van der Waals surface area contributed by atoms with Crippen LogP contribution in [-0.4, -0.2) is 12.2 Å². The normalized spacial score (nSPS) is 13.9. The van der Waals surface area contributed by atoms with E-state index in [-0.39, 0.29) is 5.91 Å². The molecular formula is C14H11NO3. The maximum Gasteiger partial charge on any atom is 0.224 e. The molecule has 2 aromatic rings. The van der Waals surface area contributed by atoms with E-state index in [9.17, 15) is 9.59 Å². The summed E-state index contributed by atoms with van der Waals surface area (Å²) in [5.74, 6) is 1.03. The molecule has 2 heterocycles. The summed E-state index contributed by atoms with van der Waals surface area (Å²) in [6.07, 6.45) is 1.11. The number of furan rings is 1. The molecule has 0 saturated heterocycles. The third-order valence-electron chi connectivity index (χ3n) is 3.06. The number of rotatable bonds is 2. The third-order valence-corrected chi connectivity index (χ3v) is 3.06. The summed E-state index contributed by atoms with van der Waals surface area (Å²) >= 11 is 0. The minimum Gasteiger partial charge on any atom is -0.453 e. The van der Waals surface area contributed by atoms with Crippen molar-refractivity contribution in [3.05, 3.63) is 47.2 Å². The van der Waals surface area contributed by atoms with Gasteiger partial charge in [0.2, 0.25) is 5.91 Å². The zero-order chi connectivity index (χ0) is 12.5. The van der Waals surface area contributed by atoms with Gasteiger partial charge in [0.1, 0.15) is 5.76 Å². The number of amides is 1. The average molecular weight is 241 g/mol. The van der Waals surface area contributed by atoms with E-state index < -0.39 is 0 Å². The van der Waals surface area contributed by atoms with Crippen molar-refractivity contribution < 1.29 is 14.0 Å². The lowest BCUT2D eigenvalue weighted by atomic mass is 9.97. The number of benzene rings is 1. The van der Waals surface area contributed by atoms with E-state index in [1.807, 2.05) is 18.2 Å². The van der Waals surface area contributed by atoms with Gasteiger partial charge in [-0.2, -0.15) is 0 Å². The van der Waals surface area contributed by atoms with E-state index in [4.69, 9.17) is 4.42 Å². The molecule has 0 unspecified atom stereocenters. The highest BCUT2D eigenvalue weighted by Gasteiger charge is 2.15. The first-order valence-electron chi connectivity index (χ1n) is 5.70. The molecule has 4 heteroatoms. The highest BCUT2D eigenvalue weighted by molar-refractivity contribution is 5.81. The highest BCUT2D eigenvalue weighted by Crippen LogP contribution is 2.25. The Morgan fingerprint density at radius 1 is 1.17 bits per heavy atom. The van der Waals surface area contributed by atoms with Gasteiger partial charge in [-0.1, -0.05) is 12.1 Å². The Kier molecular flexibility index (Phi) is 2.48. The maximum absolute atomic E-state index is 11.3. The molecular weight excluding hydrogens is 230 g/mol. The Balaban J connectivity index is 1.99. The summed E-state index contributed by atoms with van der Waals surface area (Å²) in [6.45, 7) is 0.545. The van der Waals surface area contributed by atoms with Gasteiger partial charge >= 0.3 is 0 Å². The van der Waals surface area contributed by atoms with Gasteiger partial charge in [-0.3, -0.25) is 9.59 Å². The van der Waals surface area contributed by atoms with Crippen LogP contribution in [0.2, 0.25) is 0 Å². The first kappa shape index (κ1) is 10.8. The molecule has 4 nitrogen and oxygen atoms in total. The Bertz CT molecular complexity index is 628. The number of carbonyl (C=O) groups is 2. The van der Waals surface area contributed by atoms with Crippen LogP contribution < -0.4 is 5.32 Å². The second kappa shape index (κ2) is 4.14. The summed E-state index contributed by atoms with van der Waals surface area (Å²) < 4.78 is 5.38. The lowest BCUT2D eigenvalue weighted by Crippen LogP contribution is -2.30. The fourth-order valence-corrected chi connectivity index (χ4v) is 2.12. The van der Waals surface area contributed by atoms with Crippen molar-refractivity contribution in [2.45, 2.75) is 13.0 Å². The predicted octanol–water partition coefficient (Wildman–Crippen LogP) is 1.93. The van der Waals surface area contributed by atoms with Crippen molar-refractivity contribution in [3.63, 3.8) is 0 Å². The van der Waals surface area contributed by atoms with Crippen LogP contribution >= 0.6 is 0 Å². The van der Waals surface area contributed by atoms with Crippen LogP contribution in [0.5, 0.6) is 0 Å². The number of hydrogen-bond donors (Lipinski definition) is 1. The Morgan fingerprint density at radius 3 is 2.83 bits per heavy atom. The first-order valence-corrected chi connectivity index (χ1v) is 5.70. The molecule has 0 saturated carbocycles. The van der Waals surface area contributed by atoms with Crippen LogP contribution in [0.15, 0.2) is 34.7 Å². The van der Waals surface area contributed by atoms with Gasteiger partial charge in [0.05, 0.1) is 6.42 Å². The largest absolute Gasteiger partial charge is 0.453 e. The molecule has 0 spiro atoms. The van der Waals surface area contributed by atoms with Gasteiger partial charge in [-0.15, -0.1) is 0 Å². The number of aldehydes is 1. The standard InChI is InChI=1S/C14H11NO3/c16-8-12-3-4-13(18-12)10-2-1-9-6-14(17)15-7-11(9)5-10/h1-5,8H,6-7H2,(H,15,17). The van der Waals surface area contributed by atoms with Crippen LogP contribution in [-0.2, 0) is 17.8 Å². The molecule has 0 fully saturated rings. The summed E-state index contributed by atoms with van der Waals surface area (Å²) in [5.41, 5.74) is 3.05. The summed E-state index contributed by atoms with van der Waals surface area (Å²) in [7, 11) is 0. The van der Waals surface area contributed by atoms with Gasteiger partial charge in [-0.25, -0.2) is 0 Å². The Morgan fingerprint density at radius 2 is 2.06 bits per heavy atom. The number of carbonyl (C=O) groups excluding carboxylic acids is 2. The molecule has 1 aliphatic heterocycles. The minimum absolute atomic E-state index is 0.0523. The van der Waals surface area contributed by atoms with Crippen molar-refractivity contribution in [2.24, 2.45) is 0 Å². The molecule has 1 N–H and O–H groups in total. The van der Waals surface area contributed by atoms with Gasteiger partial charge < -0.3 is 9.73 Å². The van der Waals surface area contributed by atoms with Crippen LogP contribution in [0, 0.1) is 0 Å². The van der Waals surface area contributed by atoms with E-state index in [0.29, 0.717) is 30.8 Å². The molecule has 3 rings (SSSR count). The summed E-state index contributed by atoms with van der Waals surface area (Å²) in [6, 6.07) is 9.25. The van der Waals surface area contributed by atoms with Crippen LogP contribution in [0.4, 0.5) is 0 Å². The quantitative estimate of drug-likeness (QED) is 0.817. The van der Waals surface area contributed by atoms with Crippen LogP contribution in [0.1, 0.15) is 21.7 Å². The number of nitrogens with one attached hydrogen (secondary N) is 1. The molecule has 18 heavy (non-hydrogen) atoms. The molecule has 0 radical (unpaired) electrons. The lowest BCUT2D eigenvalue weighted by Gasteiger charge is -2.17. The van der Waals surface area contributed by atoms with Gasteiger partial charge in [-0.05, 0) is 29.3 Å². The number of hydrogen-bond acceptors (Lipinski definition) is 3. The topological polar surface area (TPSA) is 59.3 Å².